The highest BCUT2D eigenvalue weighted by atomic mass is 35.5. The highest BCUT2D eigenvalue weighted by Gasteiger charge is 2.49. The van der Waals surface area contributed by atoms with Gasteiger partial charge in [0.2, 0.25) is 0 Å². The lowest BCUT2D eigenvalue weighted by atomic mass is 10.2. The molecule has 0 amide bonds. The monoisotopic (exact) mass is 180 g/mol. The third kappa shape index (κ3) is 1.30. The van der Waals surface area contributed by atoms with Gasteiger partial charge < -0.3 is 0 Å². The summed E-state index contributed by atoms with van der Waals surface area (Å²) in [5.74, 6) is 1.07. The molecule has 0 aliphatic heterocycles. The number of alkyl halides is 2. The fraction of sp³-hybridized carbons (Fsp3) is 0.857. The Morgan fingerprint density at radius 1 is 1.30 bits per heavy atom. The molecule has 0 saturated heterocycles. The lowest BCUT2D eigenvalue weighted by Crippen LogP contribution is -2.11. The maximum Gasteiger partial charge on any atom is 0.169 e. The molecule has 0 aromatic rings. The summed E-state index contributed by atoms with van der Waals surface area (Å²) in [6.07, 6.45) is 0. The van der Waals surface area contributed by atoms with Crippen molar-refractivity contribution in [1.29, 1.82) is 0 Å². The van der Waals surface area contributed by atoms with Gasteiger partial charge in [-0.15, -0.1) is 0 Å². The number of ketones is 1. The Kier molecular flexibility index (Phi) is 2.26. The van der Waals surface area contributed by atoms with E-state index in [1.807, 2.05) is 13.8 Å². The predicted octanol–water partition coefficient (Wildman–Crippen LogP) is 2.26. The van der Waals surface area contributed by atoms with E-state index in [0.717, 1.165) is 0 Å². The van der Waals surface area contributed by atoms with E-state index in [1.165, 1.54) is 0 Å². The minimum atomic E-state index is -0.822. The summed E-state index contributed by atoms with van der Waals surface area (Å²) >= 11 is 10.8. The van der Waals surface area contributed by atoms with Crippen LogP contribution in [0.2, 0.25) is 0 Å². The van der Waals surface area contributed by atoms with Crippen LogP contribution >= 0.6 is 23.2 Å². The fourth-order valence-electron chi connectivity index (χ4n) is 1.33. The average Bonchev–Trinajstić information content (AvgIpc) is 2.40. The number of hydrogen-bond donors (Lipinski definition) is 0. The minimum Gasteiger partial charge on any atom is -0.296 e. The molecule has 2 atom stereocenters. The lowest BCUT2D eigenvalue weighted by molar-refractivity contribution is -0.119. The van der Waals surface area contributed by atoms with Crippen LogP contribution in [0.15, 0.2) is 0 Å². The van der Waals surface area contributed by atoms with Crippen LogP contribution in [0, 0.1) is 17.8 Å². The minimum absolute atomic E-state index is 0.0108. The molecule has 3 heteroatoms. The molecule has 2 unspecified atom stereocenters. The summed E-state index contributed by atoms with van der Waals surface area (Å²) in [7, 11) is 0. The first-order valence-electron chi connectivity index (χ1n) is 3.37. The molecular weight excluding hydrogens is 171 g/mol. The zero-order valence-corrected chi connectivity index (χ0v) is 7.49. The Hall–Kier alpha value is 0.250. The normalized spacial score (nSPS) is 38.3. The zero-order chi connectivity index (χ0) is 7.89. The molecule has 1 aliphatic carbocycles. The van der Waals surface area contributed by atoms with E-state index >= 15 is 0 Å². The van der Waals surface area contributed by atoms with Crippen molar-refractivity contribution in [2.24, 2.45) is 17.8 Å². The third-order valence-electron chi connectivity index (χ3n) is 2.36. The molecule has 0 spiro atoms. The SMILES string of the molecule is CC1C(C)C1C(=O)C(Cl)Cl. The van der Waals surface area contributed by atoms with Gasteiger partial charge in [0, 0.05) is 5.92 Å². The second kappa shape index (κ2) is 2.71. The molecule has 1 rings (SSSR count). The van der Waals surface area contributed by atoms with Crippen molar-refractivity contribution >= 4 is 29.0 Å². The van der Waals surface area contributed by atoms with E-state index < -0.39 is 4.84 Å². The first-order chi connectivity index (χ1) is 4.55. The van der Waals surface area contributed by atoms with E-state index in [-0.39, 0.29) is 11.7 Å². The molecule has 58 valence electrons. The molecule has 0 N–H and O–H groups in total. The standard InChI is InChI=1S/C7H10Cl2O/c1-3-4(2)5(3)6(10)7(8)9/h3-5,7H,1-2H3. The summed E-state index contributed by atoms with van der Waals surface area (Å²) < 4.78 is 0. The molecule has 1 nitrogen and oxygen atoms in total. The zero-order valence-electron chi connectivity index (χ0n) is 5.97. The van der Waals surface area contributed by atoms with Crippen molar-refractivity contribution in [3.63, 3.8) is 0 Å². The van der Waals surface area contributed by atoms with Gasteiger partial charge >= 0.3 is 0 Å². The maximum absolute atomic E-state index is 11.1. The second-order valence-electron chi connectivity index (χ2n) is 2.95. The molecule has 1 fully saturated rings. The van der Waals surface area contributed by atoms with Crippen molar-refractivity contribution in [1.82, 2.24) is 0 Å². The molecule has 0 aromatic heterocycles. The van der Waals surface area contributed by atoms with Crippen LogP contribution in [0.1, 0.15) is 13.8 Å². The third-order valence-corrected chi connectivity index (χ3v) is 2.80. The van der Waals surface area contributed by atoms with Crippen LogP contribution in [0.4, 0.5) is 0 Å². The van der Waals surface area contributed by atoms with E-state index in [4.69, 9.17) is 23.2 Å². The predicted molar refractivity (Wildman–Crippen MR) is 42.3 cm³/mol. The molecule has 0 aromatic carbocycles. The van der Waals surface area contributed by atoms with Crippen molar-refractivity contribution in [3.8, 4) is 0 Å². The van der Waals surface area contributed by atoms with Crippen LogP contribution in [0.5, 0.6) is 0 Å². The summed E-state index contributed by atoms with van der Waals surface area (Å²) in [6.45, 7) is 4.09. The molecule has 10 heavy (non-hydrogen) atoms. The van der Waals surface area contributed by atoms with Crippen LogP contribution in [0.25, 0.3) is 0 Å². The fourth-order valence-corrected chi connectivity index (χ4v) is 1.62. The van der Waals surface area contributed by atoms with E-state index in [0.29, 0.717) is 11.8 Å². The van der Waals surface area contributed by atoms with Gasteiger partial charge in [-0.2, -0.15) is 0 Å². The lowest BCUT2D eigenvalue weighted by Gasteiger charge is -1.96. The van der Waals surface area contributed by atoms with Crippen molar-refractivity contribution in [2.75, 3.05) is 0 Å². The van der Waals surface area contributed by atoms with Gasteiger partial charge in [-0.05, 0) is 11.8 Å². The Labute approximate surface area is 70.7 Å². The second-order valence-corrected chi connectivity index (χ2v) is 4.04. The molecule has 0 radical (unpaired) electrons. The maximum atomic E-state index is 11.1. The van der Waals surface area contributed by atoms with Gasteiger partial charge in [0.25, 0.3) is 0 Å². The van der Waals surface area contributed by atoms with Gasteiger partial charge in [-0.25, -0.2) is 0 Å². The number of rotatable bonds is 2. The van der Waals surface area contributed by atoms with Gasteiger partial charge in [0.05, 0.1) is 0 Å². The van der Waals surface area contributed by atoms with Crippen molar-refractivity contribution < 1.29 is 4.79 Å². The Balaban J connectivity index is 2.46. The molecule has 0 heterocycles. The van der Waals surface area contributed by atoms with Crippen molar-refractivity contribution in [3.05, 3.63) is 0 Å². The number of Topliss-reactive ketones (excluding diaryl/α,β-unsaturated/α-hetero) is 1. The Morgan fingerprint density at radius 2 is 1.70 bits per heavy atom. The van der Waals surface area contributed by atoms with Crippen LogP contribution in [-0.2, 0) is 4.79 Å². The topological polar surface area (TPSA) is 17.1 Å². The van der Waals surface area contributed by atoms with Crippen LogP contribution < -0.4 is 0 Å². The van der Waals surface area contributed by atoms with E-state index in [1.54, 1.807) is 0 Å². The molecule has 1 saturated carbocycles. The number of carbonyl (C=O) groups is 1. The first-order valence-corrected chi connectivity index (χ1v) is 4.25. The highest BCUT2D eigenvalue weighted by Crippen LogP contribution is 2.47. The summed E-state index contributed by atoms with van der Waals surface area (Å²) in [5, 5.41) is 0. The quantitative estimate of drug-likeness (QED) is 0.597. The largest absolute Gasteiger partial charge is 0.296 e. The molecule has 0 bridgehead atoms. The Morgan fingerprint density at radius 3 is 1.80 bits per heavy atom. The van der Waals surface area contributed by atoms with Gasteiger partial charge in [0.1, 0.15) is 0 Å². The number of halogens is 2. The smallest absolute Gasteiger partial charge is 0.169 e. The number of carbonyl (C=O) groups excluding carboxylic acids is 1. The van der Waals surface area contributed by atoms with Crippen molar-refractivity contribution in [2.45, 2.75) is 18.7 Å². The van der Waals surface area contributed by atoms with Gasteiger partial charge in [-0.3, -0.25) is 4.79 Å². The molecular formula is C7H10Cl2O. The summed E-state index contributed by atoms with van der Waals surface area (Å²) in [5.41, 5.74) is 0. The highest BCUT2D eigenvalue weighted by molar-refractivity contribution is 6.54. The van der Waals surface area contributed by atoms with Gasteiger partial charge in [0.15, 0.2) is 10.6 Å². The Bertz CT molecular complexity index is 148. The molecule has 1 aliphatic rings. The van der Waals surface area contributed by atoms with Gasteiger partial charge in [-0.1, -0.05) is 37.0 Å². The summed E-state index contributed by atoms with van der Waals surface area (Å²) in [6, 6.07) is 0. The first kappa shape index (κ1) is 8.35. The average molecular weight is 181 g/mol. The summed E-state index contributed by atoms with van der Waals surface area (Å²) in [4.78, 5) is 10.2. The van der Waals surface area contributed by atoms with E-state index in [9.17, 15) is 4.79 Å². The van der Waals surface area contributed by atoms with Crippen LogP contribution in [0.3, 0.4) is 0 Å². The van der Waals surface area contributed by atoms with E-state index in [2.05, 4.69) is 0 Å². The number of hydrogen-bond acceptors (Lipinski definition) is 1. The van der Waals surface area contributed by atoms with Crippen LogP contribution in [-0.4, -0.2) is 10.6 Å².